The van der Waals surface area contributed by atoms with Crippen molar-refractivity contribution in [2.24, 2.45) is 5.92 Å². The molecule has 5 nitrogen and oxygen atoms in total. The number of aryl methyl sites for hydroxylation is 1. The number of carbonyl (C=O) groups is 2. The lowest BCUT2D eigenvalue weighted by molar-refractivity contribution is -0.134. The highest BCUT2D eigenvalue weighted by molar-refractivity contribution is 7.19. The molecule has 0 saturated heterocycles. The molecule has 0 radical (unpaired) electrons. The molecule has 1 aliphatic carbocycles. The summed E-state index contributed by atoms with van der Waals surface area (Å²) in [5.41, 5.74) is 1.52. The van der Waals surface area contributed by atoms with Gasteiger partial charge in [0.2, 0.25) is 5.91 Å². The van der Waals surface area contributed by atoms with Crippen molar-refractivity contribution in [1.29, 1.82) is 0 Å². The van der Waals surface area contributed by atoms with Gasteiger partial charge in [0.15, 0.2) is 0 Å². The summed E-state index contributed by atoms with van der Waals surface area (Å²) in [4.78, 5) is 30.8. The van der Waals surface area contributed by atoms with Gasteiger partial charge in [-0.1, -0.05) is 43.6 Å². The lowest BCUT2D eigenvalue weighted by atomic mass is 9.86. The maximum absolute atomic E-state index is 13.9. The minimum absolute atomic E-state index is 0.0779. The highest BCUT2D eigenvalue weighted by Gasteiger charge is 2.48. The first-order valence-electron chi connectivity index (χ1n) is 12.3. The van der Waals surface area contributed by atoms with Crippen molar-refractivity contribution in [3.05, 3.63) is 57.6 Å². The summed E-state index contributed by atoms with van der Waals surface area (Å²) in [5, 5.41) is 3.92. The topological polar surface area (TPSA) is 54.3 Å². The average molecular weight is 498 g/mol. The molecule has 1 saturated carbocycles. The molecular formula is C27H32ClN3O2S. The van der Waals surface area contributed by atoms with Crippen LogP contribution in [-0.4, -0.2) is 32.9 Å². The number of aromatic nitrogens is 1. The SMILES string of the molecule is CCc1cc2c(cc3n2C[C@](C)(C(=O)NC2CCC(C)CC2)N(Cc2ccccc2Cl)C3=O)s1. The fourth-order valence-corrected chi connectivity index (χ4v) is 6.59. The summed E-state index contributed by atoms with van der Waals surface area (Å²) < 4.78 is 3.16. The van der Waals surface area contributed by atoms with Gasteiger partial charge in [-0.2, -0.15) is 0 Å². The third kappa shape index (κ3) is 4.05. The molecule has 7 heteroatoms. The van der Waals surface area contributed by atoms with Crippen LogP contribution >= 0.6 is 22.9 Å². The smallest absolute Gasteiger partial charge is 0.271 e. The predicted molar refractivity (Wildman–Crippen MR) is 138 cm³/mol. The Morgan fingerprint density at radius 2 is 1.94 bits per heavy atom. The predicted octanol–water partition coefficient (Wildman–Crippen LogP) is 6.03. The van der Waals surface area contributed by atoms with E-state index in [0.717, 1.165) is 47.9 Å². The van der Waals surface area contributed by atoms with Gasteiger partial charge in [0, 0.05) is 22.5 Å². The molecular weight excluding hydrogens is 466 g/mol. The number of hydrogen-bond donors (Lipinski definition) is 1. The molecule has 5 rings (SSSR count). The van der Waals surface area contributed by atoms with Crippen LogP contribution in [-0.2, 0) is 24.3 Å². The molecule has 2 aliphatic rings. The molecule has 1 N–H and O–H groups in total. The van der Waals surface area contributed by atoms with Gasteiger partial charge in [-0.15, -0.1) is 11.3 Å². The van der Waals surface area contributed by atoms with Gasteiger partial charge in [0.25, 0.3) is 5.91 Å². The van der Waals surface area contributed by atoms with Crippen LogP contribution in [0, 0.1) is 5.92 Å². The van der Waals surface area contributed by atoms with Crippen LogP contribution in [0.4, 0.5) is 0 Å². The number of thiophene rings is 1. The Morgan fingerprint density at radius 3 is 2.65 bits per heavy atom. The summed E-state index contributed by atoms with van der Waals surface area (Å²) in [5.74, 6) is 0.507. The second kappa shape index (κ2) is 9.04. The molecule has 1 atom stereocenters. The van der Waals surface area contributed by atoms with Crippen molar-refractivity contribution >= 4 is 45.0 Å². The van der Waals surface area contributed by atoms with E-state index in [2.05, 4.69) is 29.8 Å². The van der Waals surface area contributed by atoms with Gasteiger partial charge < -0.3 is 14.8 Å². The molecule has 3 heterocycles. The second-order valence-electron chi connectivity index (χ2n) is 10.1. The Bertz CT molecular complexity index is 1240. The number of fused-ring (bicyclic) bond motifs is 3. The van der Waals surface area contributed by atoms with E-state index in [-0.39, 0.29) is 17.9 Å². The van der Waals surface area contributed by atoms with Crippen LogP contribution in [0.3, 0.4) is 0 Å². The summed E-state index contributed by atoms with van der Waals surface area (Å²) >= 11 is 8.20. The van der Waals surface area contributed by atoms with Gasteiger partial charge >= 0.3 is 0 Å². The number of amides is 2. The molecule has 0 spiro atoms. The van der Waals surface area contributed by atoms with E-state index in [4.69, 9.17) is 11.6 Å². The van der Waals surface area contributed by atoms with Crippen LogP contribution in [0.2, 0.25) is 5.02 Å². The van der Waals surface area contributed by atoms with E-state index in [1.165, 1.54) is 4.88 Å². The lowest BCUT2D eigenvalue weighted by Crippen LogP contribution is -2.64. The normalized spacial score (nSPS) is 24.9. The first-order chi connectivity index (χ1) is 16.3. The summed E-state index contributed by atoms with van der Waals surface area (Å²) in [6, 6.07) is 11.9. The standard InChI is InChI=1S/C27H32ClN3O2S/c1-4-20-13-22-24(34-20)14-23-25(32)31(15-18-7-5-6-8-21(18)28)27(3,16-30(22)23)26(33)29-19-11-9-17(2)10-12-19/h5-8,13-14,17,19H,4,9-12,15-16H2,1-3H3,(H,29,33)/t17?,19?,27-/m1/s1. The number of benzene rings is 1. The number of rotatable bonds is 5. The van der Waals surface area contributed by atoms with E-state index in [0.29, 0.717) is 29.7 Å². The molecule has 3 aromatic rings. The molecule has 0 bridgehead atoms. The summed E-state index contributed by atoms with van der Waals surface area (Å²) in [6.07, 6.45) is 5.19. The van der Waals surface area contributed by atoms with Crippen molar-refractivity contribution in [3.63, 3.8) is 0 Å². The van der Waals surface area contributed by atoms with Crippen molar-refractivity contribution in [1.82, 2.24) is 14.8 Å². The number of nitrogens with one attached hydrogen (secondary N) is 1. The minimum Gasteiger partial charge on any atom is -0.351 e. The van der Waals surface area contributed by atoms with Crippen LogP contribution in [0.1, 0.15) is 67.4 Å². The Balaban J connectivity index is 1.53. The second-order valence-corrected chi connectivity index (χ2v) is 11.7. The monoisotopic (exact) mass is 497 g/mol. The molecule has 1 aliphatic heterocycles. The molecule has 2 amide bonds. The van der Waals surface area contributed by atoms with E-state index in [1.807, 2.05) is 37.3 Å². The first-order valence-corrected chi connectivity index (χ1v) is 13.5. The Kier molecular flexibility index (Phi) is 6.23. The number of carbonyl (C=O) groups excluding carboxylic acids is 2. The maximum atomic E-state index is 13.9. The zero-order chi connectivity index (χ0) is 24.0. The van der Waals surface area contributed by atoms with Gasteiger partial charge in [-0.05, 0) is 68.7 Å². The van der Waals surface area contributed by atoms with E-state index >= 15 is 0 Å². The zero-order valence-corrected chi connectivity index (χ0v) is 21.6. The largest absolute Gasteiger partial charge is 0.351 e. The van der Waals surface area contributed by atoms with Gasteiger partial charge in [-0.3, -0.25) is 9.59 Å². The molecule has 34 heavy (non-hydrogen) atoms. The van der Waals surface area contributed by atoms with Crippen LogP contribution < -0.4 is 5.32 Å². The molecule has 2 aromatic heterocycles. The fourth-order valence-electron chi connectivity index (χ4n) is 5.35. The highest BCUT2D eigenvalue weighted by atomic mass is 35.5. The third-order valence-corrected chi connectivity index (χ3v) is 9.23. The molecule has 1 aromatic carbocycles. The average Bonchev–Trinajstić information content (AvgIpc) is 3.38. The summed E-state index contributed by atoms with van der Waals surface area (Å²) in [7, 11) is 0. The number of hydrogen-bond acceptors (Lipinski definition) is 3. The van der Waals surface area contributed by atoms with E-state index < -0.39 is 5.54 Å². The van der Waals surface area contributed by atoms with Crippen molar-refractivity contribution in [2.75, 3.05) is 0 Å². The van der Waals surface area contributed by atoms with Crippen LogP contribution in [0.25, 0.3) is 10.2 Å². The molecule has 180 valence electrons. The quantitative estimate of drug-likeness (QED) is 0.468. The Hall–Kier alpha value is -2.31. The molecule has 0 unspecified atom stereocenters. The zero-order valence-electron chi connectivity index (χ0n) is 20.1. The number of nitrogens with zero attached hydrogens (tertiary/aromatic N) is 2. The Labute approximate surface area is 210 Å². The number of halogens is 1. The van der Waals surface area contributed by atoms with Crippen molar-refractivity contribution < 1.29 is 9.59 Å². The van der Waals surface area contributed by atoms with Gasteiger partial charge in [0.05, 0.1) is 16.8 Å². The van der Waals surface area contributed by atoms with Crippen molar-refractivity contribution in [3.8, 4) is 0 Å². The summed E-state index contributed by atoms with van der Waals surface area (Å²) in [6.45, 7) is 7.04. The minimum atomic E-state index is -1.02. The third-order valence-electron chi connectivity index (χ3n) is 7.64. The van der Waals surface area contributed by atoms with E-state index in [9.17, 15) is 9.59 Å². The Morgan fingerprint density at radius 1 is 1.21 bits per heavy atom. The van der Waals surface area contributed by atoms with Gasteiger partial charge in [-0.25, -0.2) is 0 Å². The van der Waals surface area contributed by atoms with Crippen LogP contribution in [0.15, 0.2) is 36.4 Å². The van der Waals surface area contributed by atoms with Crippen LogP contribution in [0.5, 0.6) is 0 Å². The van der Waals surface area contributed by atoms with Crippen molar-refractivity contribution in [2.45, 2.75) is 77.5 Å². The van der Waals surface area contributed by atoms with E-state index in [1.54, 1.807) is 16.2 Å². The maximum Gasteiger partial charge on any atom is 0.271 e. The molecule has 1 fully saturated rings. The van der Waals surface area contributed by atoms with Gasteiger partial charge in [0.1, 0.15) is 11.2 Å². The fraction of sp³-hybridized carbons (Fsp3) is 0.481. The first kappa shape index (κ1) is 23.4. The lowest BCUT2D eigenvalue weighted by Gasteiger charge is -2.45. The highest BCUT2D eigenvalue weighted by Crippen LogP contribution is 2.37.